The molecule has 0 radical (unpaired) electrons. The van der Waals surface area contributed by atoms with E-state index in [0.29, 0.717) is 5.56 Å². The number of carbonyl (C=O) groups is 1. The first kappa shape index (κ1) is 15.6. The van der Waals surface area contributed by atoms with Gasteiger partial charge in [0.05, 0.1) is 5.75 Å². The molecule has 0 heterocycles. The first-order valence-electron chi connectivity index (χ1n) is 5.71. The Kier molecular flexibility index (Phi) is 5.02. The van der Waals surface area contributed by atoms with Crippen molar-refractivity contribution in [3.63, 3.8) is 0 Å². The summed E-state index contributed by atoms with van der Waals surface area (Å²) in [5, 5.41) is 8.95. The van der Waals surface area contributed by atoms with Crippen LogP contribution in [0.5, 0.6) is 0 Å². The zero-order valence-corrected chi connectivity index (χ0v) is 11.5. The third-order valence-corrected chi connectivity index (χ3v) is 4.64. The van der Waals surface area contributed by atoms with E-state index in [-0.39, 0.29) is 12.2 Å². The summed E-state index contributed by atoms with van der Waals surface area (Å²) < 4.78 is 37.7. The van der Waals surface area contributed by atoms with Crippen LogP contribution in [0.3, 0.4) is 0 Å². The van der Waals surface area contributed by atoms with Crippen molar-refractivity contribution in [2.75, 3.05) is 7.05 Å². The largest absolute Gasteiger partial charge is 0.480 e. The van der Waals surface area contributed by atoms with Crippen LogP contribution >= 0.6 is 0 Å². The molecule has 106 valence electrons. The van der Waals surface area contributed by atoms with Crippen LogP contribution in [-0.4, -0.2) is 36.9 Å². The van der Waals surface area contributed by atoms with Crippen molar-refractivity contribution in [3.05, 3.63) is 35.6 Å². The lowest BCUT2D eigenvalue weighted by atomic mass is 10.2. The number of carboxylic acid groups (broad SMARTS) is 1. The topological polar surface area (TPSA) is 74.7 Å². The second-order valence-electron chi connectivity index (χ2n) is 4.16. The normalized spacial score (nSPS) is 13.5. The van der Waals surface area contributed by atoms with E-state index in [4.69, 9.17) is 5.11 Å². The Labute approximate surface area is 111 Å². The van der Waals surface area contributed by atoms with Gasteiger partial charge in [-0.05, 0) is 24.1 Å². The van der Waals surface area contributed by atoms with Crippen molar-refractivity contribution in [3.8, 4) is 0 Å². The summed E-state index contributed by atoms with van der Waals surface area (Å²) in [6, 6.07) is 3.97. The maximum atomic E-state index is 12.7. The summed E-state index contributed by atoms with van der Waals surface area (Å²) in [5.41, 5.74) is 0.411. The molecular weight excluding hydrogens is 273 g/mol. The van der Waals surface area contributed by atoms with Crippen molar-refractivity contribution in [2.45, 2.75) is 25.1 Å². The van der Waals surface area contributed by atoms with Crippen molar-refractivity contribution in [1.82, 2.24) is 4.31 Å². The molecule has 0 aliphatic heterocycles. The van der Waals surface area contributed by atoms with Gasteiger partial charge >= 0.3 is 5.97 Å². The monoisotopic (exact) mass is 289 g/mol. The van der Waals surface area contributed by atoms with Gasteiger partial charge < -0.3 is 5.11 Å². The maximum absolute atomic E-state index is 12.7. The fraction of sp³-hybridized carbons (Fsp3) is 0.417. The second kappa shape index (κ2) is 6.12. The number of benzene rings is 1. The van der Waals surface area contributed by atoms with Gasteiger partial charge in [-0.1, -0.05) is 19.1 Å². The Morgan fingerprint density at radius 2 is 1.89 bits per heavy atom. The molecule has 0 aliphatic carbocycles. The van der Waals surface area contributed by atoms with Crippen LogP contribution in [0.2, 0.25) is 0 Å². The molecule has 0 aromatic heterocycles. The predicted molar refractivity (Wildman–Crippen MR) is 68.5 cm³/mol. The van der Waals surface area contributed by atoms with Crippen LogP contribution in [-0.2, 0) is 20.6 Å². The molecule has 0 aliphatic rings. The van der Waals surface area contributed by atoms with Gasteiger partial charge in [0.25, 0.3) is 0 Å². The minimum absolute atomic E-state index is 0.175. The zero-order chi connectivity index (χ0) is 14.6. The van der Waals surface area contributed by atoms with Crippen LogP contribution in [0.1, 0.15) is 18.9 Å². The van der Waals surface area contributed by atoms with E-state index in [1.54, 1.807) is 6.92 Å². The first-order valence-corrected chi connectivity index (χ1v) is 7.31. The quantitative estimate of drug-likeness (QED) is 0.860. The van der Waals surface area contributed by atoms with Crippen molar-refractivity contribution in [2.24, 2.45) is 0 Å². The molecule has 1 unspecified atom stereocenters. The average Bonchev–Trinajstić information content (AvgIpc) is 2.32. The van der Waals surface area contributed by atoms with Crippen LogP contribution in [0.25, 0.3) is 0 Å². The fourth-order valence-corrected chi connectivity index (χ4v) is 3.12. The molecule has 0 saturated heterocycles. The molecule has 1 aromatic rings. The van der Waals surface area contributed by atoms with Crippen molar-refractivity contribution in [1.29, 1.82) is 0 Å². The zero-order valence-electron chi connectivity index (χ0n) is 10.7. The molecule has 1 rings (SSSR count). The molecule has 1 N–H and O–H groups in total. The van der Waals surface area contributed by atoms with Crippen LogP contribution in [0, 0.1) is 5.82 Å². The molecule has 19 heavy (non-hydrogen) atoms. The van der Waals surface area contributed by atoms with Gasteiger partial charge in [0.2, 0.25) is 10.0 Å². The predicted octanol–water partition coefficient (Wildman–Crippen LogP) is 1.45. The highest BCUT2D eigenvalue weighted by atomic mass is 32.2. The highest BCUT2D eigenvalue weighted by Gasteiger charge is 2.30. The van der Waals surface area contributed by atoms with Crippen molar-refractivity contribution >= 4 is 16.0 Å². The lowest BCUT2D eigenvalue weighted by molar-refractivity contribution is -0.141. The molecular formula is C12H16FNO4S. The minimum Gasteiger partial charge on any atom is -0.480 e. The number of hydrogen-bond donors (Lipinski definition) is 1. The first-order chi connectivity index (χ1) is 8.77. The van der Waals surface area contributed by atoms with Gasteiger partial charge in [-0.15, -0.1) is 0 Å². The number of sulfonamides is 1. The minimum atomic E-state index is -3.75. The number of hydrogen-bond acceptors (Lipinski definition) is 3. The summed E-state index contributed by atoms with van der Waals surface area (Å²) >= 11 is 0. The molecule has 1 aromatic carbocycles. The molecule has 0 spiro atoms. The second-order valence-corrected chi connectivity index (χ2v) is 6.19. The molecule has 5 nitrogen and oxygen atoms in total. The summed E-state index contributed by atoms with van der Waals surface area (Å²) in [6.07, 6.45) is 0.175. The Morgan fingerprint density at radius 3 is 2.32 bits per heavy atom. The number of nitrogens with zero attached hydrogens (tertiary/aromatic N) is 1. The van der Waals surface area contributed by atoms with E-state index in [0.717, 1.165) is 4.31 Å². The van der Waals surface area contributed by atoms with E-state index < -0.39 is 27.9 Å². The van der Waals surface area contributed by atoms with Crippen molar-refractivity contribution < 1.29 is 22.7 Å². The lowest BCUT2D eigenvalue weighted by Crippen LogP contribution is -2.42. The Hall–Kier alpha value is -1.47. The molecule has 0 amide bonds. The Balaban J connectivity index is 2.91. The van der Waals surface area contributed by atoms with Gasteiger partial charge in [-0.2, -0.15) is 4.31 Å². The maximum Gasteiger partial charge on any atom is 0.321 e. The summed E-state index contributed by atoms with van der Waals surface area (Å²) in [6.45, 7) is 1.60. The number of aliphatic carboxylic acids is 1. The molecule has 7 heteroatoms. The summed E-state index contributed by atoms with van der Waals surface area (Å²) in [5.74, 6) is -1.99. The molecule has 0 fully saturated rings. The van der Waals surface area contributed by atoms with Gasteiger partial charge in [-0.3, -0.25) is 4.79 Å². The number of halogens is 1. The average molecular weight is 289 g/mol. The third-order valence-electron chi connectivity index (χ3n) is 2.81. The van der Waals surface area contributed by atoms with E-state index in [1.165, 1.54) is 31.3 Å². The van der Waals surface area contributed by atoms with E-state index in [2.05, 4.69) is 0 Å². The highest BCUT2D eigenvalue weighted by molar-refractivity contribution is 7.88. The van der Waals surface area contributed by atoms with Gasteiger partial charge in [0, 0.05) is 7.05 Å². The number of rotatable bonds is 6. The molecule has 1 atom stereocenters. The smallest absolute Gasteiger partial charge is 0.321 e. The SMILES string of the molecule is CCC(C(=O)O)N(C)S(=O)(=O)Cc1ccc(F)cc1. The highest BCUT2D eigenvalue weighted by Crippen LogP contribution is 2.14. The van der Waals surface area contributed by atoms with Crippen LogP contribution in [0.4, 0.5) is 4.39 Å². The van der Waals surface area contributed by atoms with Gasteiger partial charge in [-0.25, -0.2) is 12.8 Å². The standard InChI is InChI=1S/C12H16FNO4S/c1-3-11(12(15)16)14(2)19(17,18)8-9-4-6-10(13)7-5-9/h4-7,11H,3,8H2,1-2H3,(H,15,16). The van der Waals surface area contributed by atoms with E-state index in [1.807, 2.05) is 0 Å². The van der Waals surface area contributed by atoms with Crippen LogP contribution in [0.15, 0.2) is 24.3 Å². The summed E-state index contributed by atoms with van der Waals surface area (Å²) in [7, 11) is -2.52. The van der Waals surface area contributed by atoms with E-state index in [9.17, 15) is 17.6 Å². The lowest BCUT2D eigenvalue weighted by Gasteiger charge is -2.23. The van der Waals surface area contributed by atoms with Gasteiger partial charge in [0.1, 0.15) is 11.9 Å². The number of likely N-dealkylation sites (N-methyl/N-ethyl adjacent to an activating group) is 1. The summed E-state index contributed by atoms with van der Waals surface area (Å²) in [4.78, 5) is 11.0. The number of carboxylic acids is 1. The van der Waals surface area contributed by atoms with E-state index >= 15 is 0 Å². The molecule has 0 bridgehead atoms. The van der Waals surface area contributed by atoms with Crippen LogP contribution < -0.4 is 0 Å². The van der Waals surface area contributed by atoms with Gasteiger partial charge in [0.15, 0.2) is 0 Å². The Morgan fingerprint density at radius 1 is 1.37 bits per heavy atom. The fourth-order valence-electron chi connectivity index (χ4n) is 1.67. The Bertz CT molecular complexity index is 541. The third kappa shape index (κ3) is 4.00. The molecule has 0 saturated carbocycles.